The van der Waals surface area contributed by atoms with Crippen molar-refractivity contribution in [2.24, 2.45) is 23.7 Å². The number of carbonyl (C=O) groups excluding carboxylic acids is 1. The largest absolute Gasteiger partial charge is 0.550 e. The molecule has 0 aromatic heterocycles. The first-order valence-electron chi connectivity index (χ1n) is 13.6. The standard InChI is InChI=1S/C28H56O2/c1-6-7-8-9-10-11-12-13-14-15-16-17-18-19-20-24(2)21-25(3)22-26(4)23-27(5)28(29)30/h24-27H,6-23H2,1-5H3,(H,29,30)/p-1/t24-,25-,26-,27-/m1/s1. The van der Waals surface area contributed by atoms with E-state index in [1.54, 1.807) is 6.92 Å². The summed E-state index contributed by atoms with van der Waals surface area (Å²) in [7, 11) is 0. The molecule has 180 valence electrons. The maximum Gasteiger partial charge on any atom is 0.0442 e. The van der Waals surface area contributed by atoms with Gasteiger partial charge in [-0.05, 0) is 42.9 Å². The first kappa shape index (κ1) is 29.5. The van der Waals surface area contributed by atoms with Crippen molar-refractivity contribution in [3.05, 3.63) is 0 Å². The van der Waals surface area contributed by atoms with Gasteiger partial charge in [-0.25, -0.2) is 0 Å². The summed E-state index contributed by atoms with van der Waals surface area (Å²) in [5.41, 5.74) is 0. The number of aliphatic carboxylic acids is 1. The van der Waals surface area contributed by atoms with Crippen molar-refractivity contribution in [1.29, 1.82) is 0 Å². The minimum Gasteiger partial charge on any atom is -0.550 e. The Bertz CT molecular complexity index is 379. The second kappa shape index (κ2) is 20.4. The molecule has 0 saturated heterocycles. The van der Waals surface area contributed by atoms with E-state index >= 15 is 0 Å². The van der Waals surface area contributed by atoms with Crippen LogP contribution in [0.3, 0.4) is 0 Å². The molecule has 30 heavy (non-hydrogen) atoms. The lowest BCUT2D eigenvalue weighted by molar-refractivity contribution is -0.311. The molecular formula is C28H55O2-. The average molecular weight is 424 g/mol. The summed E-state index contributed by atoms with van der Waals surface area (Å²) < 4.78 is 0. The average Bonchev–Trinajstić information content (AvgIpc) is 2.67. The predicted octanol–water partition coefficient (Wildman–Crippen LogP) is 8.32. The lowest BCUT2D eigenvalue weighted by Gasteiger charge is -2.23. The van der Waals surface area contributed by atoms with Crippen molar-refractivity contribution in [3.8, 4) is 0 Å². The van der Waals surface area contributed by atoms with Crippen LogP contribution in [0.25, 0.3) is 0 Å². The fourth-order valence-electron chi connectivity index (χ4n) is 5.07. The van der Waals surface area contributed by atoms with Crippen LogP contribution in [0.4, 0.5) is 0 Å². The zero-order valence-corrected chi connectivity index (χ0v) is 21.4. The van der Waals surface area contributed by atoms with Crippen LogP contribution in [-0.2, 0) is 4.79 Å². The minimum atomic E-state index is -0.902. The number of carbonyl (C=O) groups is 1. The number of rotatable bonds is 22. The third-order valence-electron chi connectivity index (χ3n) is 6.82. The summed E-state index contributed by atoms with van der Waals surface area (Å²) in [5, 5.41) is 10.9. The first-order chi connectivity index (χ1) is 14.4. The highest BCUT2D eigenvalue weighted by Crippen LogP contribution is 2.26. The lowest BCUT2D eigenvalue weighted by Crippen LogP contribution is -2.30. The van der Waals surface area contributed by atoms with E-state index in [1.165, 1.54) is 103 Å². The second-order valence-electron chi connectivity index (χ2n) is 10.6. The molecule has 0 radical (unpaired) electrons. The molecule has 2 heteroatoms. The van der Waals surface area contributed by atoms with Crippen LogP contribution in [0.1, 0.15) is 150 Å². The van der Waals surface area contributed by atoms with Crippen LogP contribution in [-0.4, -0.2) is 5.97 Å². The molecule has 0 unspecified atom stereocenters. The molecule has 0 aromatic rings. The highest BCUT2D eigenvalue weighted by Gasteiger charge is 2.15. The van der Waals surface area contributed by atoms with E-state index in [2.05, 4.69) is 27.7 Å². The van der Waals surface area contributed by atoms with Crippen LogP contribution in [0, 0.1) is 23.7 Å². The van der Waals surface area contributed by atoms with Crippen molar-refractivity contribution < 1.29 is 9.90 Å². The normalized spacial score (nSPS) is 15.6. The van der Waals surface area contributed by atoms with Gasteiger partial charge in [0, 0.05) is 5.97 Å². The molecule has 0 aliphatic heterocycles. The molecule has 0 spiro atoms. The van der Waals surface area contributed by atoms with Gasteiger partial charge in [0.2, 0.25) is 0 Å². The van der Waals surface area contributed by atoms with Crippen LogP contribution < -0.4 is 5.11 Å². The Kier molecular flexibility index (Phi) is 20.0. The Morgan fingerprint density at radius 3 is 1.37 bits per heavy atom. The molecular weight excluding hydrogens is 368 g/mol. The van der Waals surface area contributed by atoms with Crippen molar-refractivity contribution in [3.63, 3.8) is 0 Å². The van der Waals surface area contributed by atoms with Crippen LogP contribution in [0.5, 0.6) is 0 Å². The van der Waals surface area contributed by atoms with Gasteiger partial charge >= 0.3 is 0 Å². The Hall–Kier alpha value is -0.530. The zero-order valence-electron chi connectivity index (χ0n) is 21.4. The molecule has 0 saturated carbocycles. The molecule has 0 amide bonds. The smallest absolute Gasteiger partial charge is 0.0442 e. The number of hydrogen-bond donors (Lipinski definition) is 0. The Morgan fingerprint density at radius 1 is 0.567 bits per heavy atom. The van der Waals surface area contributed by atoms with E-state index < -0.39 is 5.97 Å². The third kappa shape index (κ3) is 19.4. The van der Waals surface area contributed by atoms with E-state index in [-0.39, 0.29) is 5.92 Å². The van der Waals surface area contributed by atoms with Gasteiger partial charge in [-0.15, -0.1) is 0 Å². The highest BCUT2D eigenvalue weighted by molar-refractivity contribution is 5.66. The molecule has 0 fully saturated rings. The Labute approximate surface area is 190 Å². The quantitative estimate of drug-likeness (QED) is 0.164. The fraction of sp³-hybridized carbons (Fsp3) is 0.964. The van der Waals surface area contributed by atoms with Crippen LogP contribution in [0.2, 0.25) is 0 Å². The van der Waals surface area contributed by atoms with Gasteiger partial charge in [0.15, 0.2) is 0 Å². The van der Waals surface area contributed by atoms with E-state index in [9.17, 15) is 9.90 Å². The summed E-state index contributed by atoms with van der Waals surface area (Å²) in [5.74, 6) is 0.737. The van der Waals surface area contributed by atoms with Gasteiger partial charge in [0.05, 0.1) is 0 Å². The lowest BCUT2D eigenvalue weighted by atomic mass is 9.84. The number of carboxylic acid groups (broad SMARTS) is 1. The number of hydrogen-bond acceptors (Lipinski definition) is 2. The molecule has 4 atom stereocenters. The van der Waals surface area contributed by atoms with E-state index in [1.807, 2.05) is 0 Å². The monoisotopic (exact) mass is 423 g/mol. The topological polar surface area (TPSA) is 40.1 Å². The van der Waals surface area contributed by atoms with Gasteiger partial charge in [0.25, 0.3) is 0 Å². The summed E-state index contributed by atoms with van der Waals surface area (Å²) in [6.45, 7) is 11.0. The molecule has 2 nitrogen and oxygen atoms in total. The molecule has 0 aliphatic rings. The Morgan fingerprint density at radius 2 is 0.933 bits per heavy atom. The summed E-state index contributed by atoms with van der Waals surface area (Å²) in [4.78, 5) is 10.9. The first-order valence-corrected chi connectivity index (χ1v) is 13.6. The van der Waals surface area contributed by atoms with Crippen LogP contribution >= 0.6 is 0 Å². The summed E-state index contributed by atoms with van der Waals surface area (Å²) in [6.07, 6.45) is 24.5. The third-order valence-corrected chi connectivity index (χ3v) is 6.82. The fourth-order valence-corrected chi connectivity index (χ4v) is 5.07. The summed E-state index contributed by atoms with van der Waals surface area (Å²) >= 11 is 0. The van der Waals surface area contributed by atoms with E-state index in [4.69, 9.17) is 0 Å². The number of carboxylic acids is 1. The molecule has 0 bridgehead atoms. The molecule has 0 heterocycles. The van der Waals surface area contributed by atoms with Crippen LogP contribution in [0.15, 0.2) is 0 Å². The van der Waals surface area contributed by atoms with Gasteiger partial charge in [-0.2, -0.15) is 0 Å². The highest BCUT2D eigenvalue weighted by atomic mass is 16.4. The second-order valence-corrected chi connectivity index (χ2v) is 10.6. The van der Waals surface area contributed by atoms with Gasteiger partial charge in [-0.3, -0.25) is 0 Å². The van der Waals surface area contributed by atoms with Crippen molar-refractivity contribution >= 4 is 5.97 Å². The molecule has 0 N–H and O–H groups in total. The molecule has 0 rings (SSSR count). The predicted molar refractivity (Wildman–Crippen MR) is 130 cm³/mol. The van der Waals surface area contributed by atoms with Crippen molar-refractivity contribution in [1.82, 2.24) is 0 Å². The van der Waals surface area contributed by atoms with E-state index in [0.29, 0.717) is 11.8 Å². The van der Waals surface area contributed by atoms with Crippen molar-refractivity contribution in [2.75, 3.05) is 0 Å². The maximum atomic E-state index is 10.9. The molecule has 0 aliphatic carbocycles. The zero-order chi connectivity index (χ0) is 22.6. The SMILES string of the molecule is CCCCCCCCCCCCCCCC[C@@H](C)C[C@@H](C)C[C@@H](C)C[C@@H](C)C(=O)[O-]. The maximum absolute atomic E-state index is 10.9. The van der Waals surface area contributed by atoms with Crippen molar-refractivity contribution in [2.45, 2.75) is 150 Å². The van der Waals surface area contributed by atoms with Gasteiger partial charge in [0.1, 0.15) is 0 Å². The van der Waals surface area contributed by atoms with Gasteiger partial charge in [-0.1, -0.05) is 131 Å². The minimum absolute atomic E-state index is 0.319. The summed E-state index contributed by atoms with van der Waals surface area (Å²) in [6, 6.07) is 0. The molecule has 0 aromatic carbocycles. The Balaban J connectivity index is 3.46. The van der Waals surface area contributed by atoms with Gasteiger partial charge < -0.3 is 9.90 Å². The van der Waals surface area contributed by atoms with E-state index in [0.717, 1.165) is 18.8 Å². The number of unbranched alkanes of at least 4 members (excludes halogenated alkanes) is 13.